The summed E-state index contributed by atoms with van der Waals surface area (Å²) >= 11 is 11.9. The Morgan fingerprint density at radius 3 is 2.78 bits per heavy atom. The maximum Gasteiger partial charge on any atom is 0.303 e. The first-order chi connectivity index (χ1) is 12.8. The van der Waals surface area contributed by atoms with Crippen molar-refractivity contribution >= 4 is 29.2 Å². The van der Waals surface area contributed by atoms with Gasteiger partial charge in [-0.05, 0) is 51.0 Å². The lowest BCUT2D eigenvalue weighted by Crippen LogP contribution is -2.21. The molecule has 0 amide bonds. The van der Waals surface area contributed by atoms with Gasteiger partial charge in [-0.15, -0.1) is 0 Å². The van der Waals surface area contributed by atoms with E-state index >= 15 is 0 Å². The number of hydrogen-bond acceptors (Lipinski definition) is 3. The molecule has 1 saturated heterocycles. The van der Waals surface area contributed by atoms with Crippen molar-refractivity contribution in [3.05, 3.63) is 58.1 Å². The molecule has 1 fully saturated rings. The van der Waals surface area contributed by atoms with E-state index in [2.05, 4.69) is 11.8 Å². The zero-order valence-corrected chi connectivity index (χ0v) is 16.8. The Morgan fingerprint density at radius 2 is 2.07 bits per heavy atom. The Labute approximate surface area is 169 Å². The molecule has 0 bridgehead atoms. The molecule has 1 aliphatic rings. The van der Waals surface area contributed by atoms with E-state index in [0.29, 0.717) is 28.5 Å². The van der Waals surface area contributed by atoms with Gasteiger partial charge in [0.05, 0.1) is 11.1 Å². The molecule has 2 rings (SSSR count). The van der Waals surface area contributed by atoms with Gasteiger partial charge in [-0.3, -0.25) is 4.79 Å². The third-order valence-corrected chi connectivity index (χ3v) is 4.38. The number of carbonyl (C=O) groups is 1. The van der Waals surface area contributed by atoms with E-state index in [1.807, 2.05) is 26.0 Å². The van der Waals surface area contributed by atoms with Crippen LogP contribution in [0.2, 0.25) is 10.0 Å². The number of aliphatic carboxylic acids is 1. The smallest absolute Gasteiger partial charge is 0.303 e. The standard InChI is InChI=1S/C21H22Cl2O4/c1-21(2)26-18(19(27-21)10-7-11-20(24)25)9-6-4-3-5-8-15-12-13-16(22)14-17(15)23/h3-4,6,9,12-14,18-19H,7,10-11H2,1-2H3,(H,24,25)/b4-3+,9-6+/t18-,19+/m1/s1. The molecule has 0 aromatic heterocycles. The van der Waals surface area contributed by atoms with Crippen LogP contribution in [0.3, 0.4) is 0 Å². The van der Waals surface area contributed by atoms with Gasteiger partial charge in [-0.1, -0.05) is 53.3 Å². The minimum atomic E-state index is -0.803. The van der Waals surface area contributed by atoms with Crippen molar-refractivity contribution < 1.29 is 19.4 Å². The number of rotatable bonds is 6. The van der Waals surface area contributed by atoms with Crippen LogP contribution in [0.1, 0.15) is 38.7 Å². The summed E-state index contributed by atoms with van der Waals surface area (Å²) in [5, 5.41) is 9.86. The van der Waals surface area contributed by atoms with Crippen molar-refractivity contribution in [3.8, 4) is 11.8 Å². The van der Waals surface area contributed by atoms with E-state index in [1.165, 1.54) is 0 Å². The summed E-state index contributed by atoms with van der Waals surface area (Å²) in [4.78, 5) is 10.7. The molecule has 1 aliphatic heterocycles. The largest absolute Gasteiger partial charge is 0.481 e. The maximum atomic E-state index is 10.7. The highest BCUT2D eigenvalue weighted by molar-refractivity contribution is 6.35. The minimum Gasteiger partial charge on any atom is -0.481 e. The first kappa shape index (κ1) is 21.5. The molecule has 0 spiro atoms. The van der Waals surface area contributed by atoms with Crippen LogP contribution in [0.25, 0.3) is 0 Å². The fourth-order valence-corrected chi connectivity index (χ4v) is 3.15. The molecule has 0 saturated carbocycles. The Bertz CT molecular complexity index is 787. The maximum absolute atomic E-state index is 10.7. The third kappa shape index (κ3) is 7.40. The van der Waals surface area contributed by atoms with E-state index < -0.39 is 11.8 Å². The highest BCUT2D eigenvalue weighted by Crippen LogP contribution is 2.31. The van der Waals surface area contributed by atoms with Crippen molar-refractivity contribution in [1.29, 1.82) is 0 Å². The molecule has 4 nitrogen and oxygen atoms in total. The highest BCUT2D eigenvalue weighted by Gasteiger charge is 2.39. The lowest BCUT2D eigenvalue weighted by atomic mass is 10.1. The zero-order valence-electron chi connectivity index (χ0n) is 15.2. The number of carboxylic acid groups (broad SMARTS) is 1. The topological polar surface area (TPSA) is 55.8 Å². The van der Waals surface area contributed by atoms with Crippen LogP contribution in [0.5, 0.6) is 0 Å². The highest BCUT2D eigenvalue weighted by atomic mass is 35.5. The van der Waals surface area contributed by atoms with Crippen molar-refractivity contribution in [2.75, 3.05) is 0 Å². The van der Waals surface area contributed by atoms with Crippen LogP contribution in [-0.2, 0) is 14.3 Å². The number of benzene rings is 1. The van der Waals surface area contributed by atoms with Crippen LogP contribution in [0, 0.1) is 11.8 Å². The summed E-state index contributed by atoms with van der Waals surface area (Å²) in [6.07, 6.45) is 8.17. The zero-order chi connectivity index (χ0) is 19.9. The number of ether oxygens (including phenoxy) is 2. The number of halogens is 2. The van der Waals surface area contributed by atoms with Gasteiger partial charge in [0.1, 0.15) is 6.10 Å². The normalized spacial score (nSPS) is 21.5. The molecule has 27 heavy (non-hydrogen) atoms. The number of hydrogen-bond donors (Lipinski definition) is 1. The second-order valence-corrected chi connectivity index (χ2v) is 7.41. The summed E-state index contributed by atoms with van der Waals surface area (Å²) < 4.78 is 11.7. The first-order valence-electron chi connectivity index (χ1n) is 8.64. The van der Waals surface area contributed by atoms with E-state index in [-0.39, 0.29) is 18.6 Å². The summed E-state index contributed by atoms with van der Waals surface area (Å²) in [5.74, 6) is 4.39. The van der Waals surface area contributed by atoms with Gasteiger partial charge in [0.15, 0.2) is 5.79 Å². The molecule has 1 aromatic rings. The third-order valence-electron chi connectivity index (χ3n) is 3.83. The molecule has 6 heteroatoms. The second kappa shape index (κ2) is 9.96. The van der Waals surface area contributed by atoms with Crippen LogP contribution in [0.4, 0.5) is 0 Å². The van der Waals surface area contributed by atoms with E-state index in [1.54, 1.807) is 30.4 Å². The molecule has 1 heterocycles. The van der Waals surface area contributed by atoms with Crippen LogP contribution in [-0.4, -0.2) is 29.1 Å². The predicted octanol–water partition coefficient (Wildman–Crippen LogP) is 5.23. The number of allylic oxidation sites excluding steroid dienone is 3. The second-order valence-electron chi connectivity index (χ2n) is 6.56. The van der Waals surface area contributed by atoms with Crippen LogP contribution < -0.4 is 0 Å². The molecule has 144 valence electrons. The van der Waals surface area contributed by atoms with Crippen molar-refractivity contribution in [3.63, 3.8) is 0 Å². The average Bonchev–Trinajstić information content (AvgIpc) is 2.86. The molecular formula is C21H22Cl2O4. The van der Waals surface area contributed by atoms with Crippen molar-refractivity contribution in [2.45, 2.75) is 51.1 Å². The van der Waals surface area contributed by atoms with Gasteiger partial charge in [-0.2, -0.15) is 0 Å². The average molecular weight is 409 g/mol. The molecular weight excluding hydrogens is 387 g/mol. The molecule has 0 aliphatic carbocycles. The van der Waals surface area contributed by atoms with E-state index in [0.717, 1.165) is 0 Å². The first-order valence-corrected chi connectivity index (χ1v) is 9.40. The predicted molar refractivity (Wildman–Crippen MR) is 107 cm³/mol. The Balaban J connectivity index is 1.92. The van der Waals surface area contributed by atoms with E-state index in [9.17, 15) is 4.79 Å². The van der Waals surface area contributed by atoms with Gasteiger partial charge in [0.25, 0.3) is 0 Å². The molecule has 0 radical (unpaired) electrons. The van der Waals surface area contributed by atoms with Crippen molar-refractivity contribution in [1.82, 2.24) is 0 Å². The minimum absolute atomic E-state index is 0.124. The monoisotopic (exact) mass is 408 g/mol. The van der Waals surface area contributed by atoms with Crippen LogP contribution in [0.15, 0.2) is 42.5 Å². The fourth-order valence-electron chi connectivity index (χ4n) is 2.69. The van der Waals surface area contributed by atoms with E-state index in [4.69, 9.17) is 37.8 Å². The van der Waals surface area contributed by atoms with Gasteiger partial charge < -0.3 is 14.6 Å². The number of carboxylic acids is 1. The van der Waals surface area contributed by atoms with Gasteiger partial charge in [-0.25, -0.2) is 0 Å². The quantitative estimate of drug-likeness (QED) is 0.516. The summed E-state index contributed by atoms with van der Waals surface area (Å²) in [5.41, 5.74) is 0.711. The van der Waals surface area contributed by atoms with Crippen molar-refractivity contribution in [2.24, 2.45) is 0 Å². The Kier molecular flexibility index (Phi) is 7.94. The lowest BCUT2D eigenvalue weighted by Gasteiger charge is -2.16. The van der Waals surface area contributed by atoms with Gasteiger partial charge in [0.2, 0.25) is 0 Å². The molecule has 1 aromatic carbocycles. The van der Waals surface area contributed by atoms with Gasteiger partial charge >= 0.3 is 5.97 Å². The summed E-state index contributed by atoms with van der Waals surface area (Å²) in [6, 6.07) is 5.17. The summed E-state index contributed by atoms with van der Waals surface area (Å²) in [7, 11) is 0. The molecule has 2 atom stereocenters. The Morgan fingerprint density at radius 1 is 1.30 bits per heavy atom. The Hall–Kier alpha value is -1.77. The SMILES string of the molecule is CC1(C)O[C@@H](CCCC(=O)O)[C@@H](/C=C/C=C/C#Cc2ccc(Cl)cc2Cl)O1. The summed E-state index contributed by atoms with van der Waals surface area (Å²) in [6.45, 7) is 3.70. The lowest BCUT2D eigenvalue weighted by molar-refractivity contribution is -0.143. The molecule has 1 N–H and O–H groups in total. The van der Waals surface area contributed by atoms with Gasteiger partial charge in [0, 0.05) is 17.0 Å². The van der Waals surface area contributed by atoms with Crippen LogP contribution >= 0.6 is 23.2 Å². The fraction of sp³-hybridized carbons (Fsp3) is 0.381. The molecule has 0 unspecified atom stereocenters.